The van der Waals surface area contributed by atoms with Crippen LogP contribution in [-0.4, -0.2) is 49.9 Å². The summed E-state index contributed by atoms with van der Waals surface area (Å²) in [6, 6.07) is 3.13. The van der Waals surface area contributed by atoms with Crippen LogP contribution < -0.4 is 4.90 Å². The van der Waals surface area contributed by atoms with Crippen LogP contribution in [0.4, 0.5) is 32.0 Å². The highest BCUT2D eigenvalue weighted by Gasteiger charge is 2.77. The molecular formula is C28H18Cl2F6N2O5. The predicted molar refractivity (Wildman–Crippen MR) is 137 cm³/mol. The predicted octanol–water partition coefficient (Wildman–Crippen LogP) is 4.81. The number of amides is 4. The molecule has 6 atom stereocenters. The average Bonchev–Trinajstić information content (AvgIpc) is 3.31. The highest BCUT2D eigenvalue weighted by atomic mass is 35.5. The summed E-state index contributed by atoms with van der Waals surface area (Å²) in [6.07, 6.45) is 0.700. The van der Waals surface area contributed by atoms with Crippen molar-refractivity contribution in [1.29, 1.82) is 0 Å². The van der Waals surface area contributed by atoms with Gasteiger partial charge in [0, 0.05) is 18.0 Å². The van der Waals surface area contributed by atoms with Gasteiger partial charge < -0.3 is 5.11 Å². The third-order valence-corrected chi connectivity index (χ3v) is 10.4. The Kier molecular flexibility index (Phi) is 6.49. The number of phenolic OH excluding ortho intramolecular Hbond substituents is 1. The van der Waals surface area contributed by atoms with E-state index >= 15 is 0 Å². The van der Waals surface area contributed by atoms with Gasteiger partial charge in [-0.3, -0.25) is 24.1 Å². The van der Waals surface area contributed by atoms with E-state index in [1.54, 1.807) is 6.92 Å². The molecule has 6 rings (SSSR count). The number of carbonyl (C=O) groups is 4. The second kappa shape index (κ2) is 9.46. The average molecular weight is 647 g/mol. The number of hydrogen-bond acceptors (Lipinski definition) is 5. The number of nitrogens with zero attached hydrogens (tertiary/aromatic N) is 2. The van der Waals surface area contributed by atoms with Crippen molar-refractivity contribution < 1.29 is 50.6 Å². The maximum Gasteiger partial charge on any atom is 0.258 e. The molecule has 2 heterocycles. The van der Waals surface area contributed by atoms with Crippen molar-refractivity contribution in [2.45, 2.75) is 35.4 Å². The molecule has 226 valence electrons. The van der Waals surface area contributed by atoms with Gasteiger partial charge in [0.25, 0.3) is 11.8 Å². The van der Waals surface area contributed by atoms with Crippen LogP contribution in [0.3, 0.4) is 0 Å². The number of fused-ring (bicyclic) bond motifs is 4. The molecule has 2 aliphatic carbocycles. The topological polar surface area (TPSA) is 95.0 Å². The Morgan fingerprint density at radius 3 is 2.09 bits per heavy atom. The first-order valence-corrected chi connectivity index (χ1v) is 13.7. The van der Waals surface area contributed by atoms with Crippen molar-refractivity contribution in [3.05, 3.63) is 70.3 Å². The molecule has 1 N–H and O–H groups in total. The first-order valence-electron chi connectivity index (χ1n) is 13.0. The molecule has 0 aromatic heterocycles. The lowest BCUT2D eigenvalue weighted by Gasteiger charge is -2.50. The molecule has 3 fully saturated rings. The van der Waals surface area contributed by atoms with Crippen LogP contribution in [-0.2, 0) is 19.2 Å². The van der Waals surface area contributed by atoms with E-state index in [0.717, 1.165) is 23.1 Å². The molecule has 7 nitrogen and oxygen atoms in total. The summed E-state index contributed by atoms with van der Waals surface area (Å²) < 4.78 is 86.9. The Labute approximate surface area is 248 Å². The van der Waals surface area contributed by atoms with Crippen molar-refractivity contribution in [2.75, 3.05) is 11.4 Å². The van der Waals surface area contributed by atoms with Crippen molar-refractivity contribution >= 4 is 52.5 Å². The van der Waals surface area contributed by atoms with Gasteiger partial charge in [-0.25, -0.2) is 31.2 Å². The Morgan fingerprint density at radius 1 is 0.884 bits per heavy atom. The number of benzene rings is 2. The van der Waals surface area contributed by atoms with E-state index in [2.05, 4.69) is 0 Å². The molecule has 1 saturated carbocycles. The fraction of sp³-hybridized carbons (Fsp3) is 0.357. The van der Waals surface area contributed by atoms with Gasteiger partial charge >= 0.3 is 0 Å². The third-order valence-electron chi connectivity index (χ3n) is 8.96. The minimum atomic E-state index is -2.84. The fourth-order valence-corrected chi connectivity index (χ4v) is 7.98. The second-order valence-electron chi connectivity index (χ2n) is 10.8. The van der Waals surface area contributed by atoms with Gasteiger partial charge in [-0.15, -0.1) is 23.2 Å². The van der Waals surface area contributed by atoms with E-state index in [9.17, 15) is 50.6 Å². The summed E-state index contributed by atoms with van der Waals surface area (Å²) in [7, 11) is 0. The summed E-state index contributed by atoms with van der Waals surface area (Å²) in [4.78, 5) is 49.5. The number of carbonyl (C=O) groups excluding carboxylic acids is 4. The molecule has 0 radical (unpaired) electrons. The molecule has 2 aliphatic heterocycles. The Hall–Kier alpha value is -3.58. The number of allylic oxidation sites excluding steroid dienone is 2. The molecular weight excluding hydrogens is 629 g/mol. The van der Waals surface area contributed by atoms with Crippen LogP contribution in [0, 0.1) is 52.7 Å². The maximum absolute atomic E-state index is 15.0. The van der Waals surface area contributed by atoms with Crippen LogP contribution >= 0.6 is 23.2 Å². The zero-order chi connectivity index (χ0) is 31.5. The van der Waals surface area contributed by atoms with Gasteiger partial charge in [0.15, 0.2) is 44.6 Å². The Balaban J connectivity index is 1.63. The number of para-hydroxylation sites is 1. The number of alkyl halides is 2. The van der Waals surface area contributed by atoms with E-state index in [-0.39, 0.29) is 23.4 Å². The molecule has 2 aromatic carbocycles. The van der Waals surface area contributed by atoms with Crippen molar-refractivity contribution in [3.8, 4) is 5.75 Å². The number of anilines is 1. The molecule has 0 bridgehead atoms. The molecule has 2 aromatic rings. The lowest BCUT2D eigenvalue weighted by atomic mass is 9.56. The molecule has 0 spiro atoms. The Morgan fingerprint density at radius 2 is 1.49 bits per heavy atom. The van der Waals surface area contributed by atoms with Gasteiger partial charge in [-0.1, -0.05) is 23.8 Å². The number of rotatable bonds is 3. The van der Waals surface area contributed by atoms with Crippen LogP contribution in [0.1, 0.15) is 31.2 Å². The summed E-state index contributed by atoms with van der Waals surface area (Å²) in [6.45, 7) is 1.57. The smallest absolute Gasteiger partial charge is 0.258 e. The highest BCUT2D eigenvalue weighted by molar-refractivity contribution is 6.58. The van der Waals surface area contributed by atoms with E-state index in [4.69, 9.17) is 23.2 Å². The normalized spacial score (nSPS) is 31.8. The van der Waals surface area contributed by atoms with Gasteiger partial charge in [0.1, 0.15) is 5.69 Å². The highest BCUT2D eigenvalue weighted by Crippen LogP contribution is 2.66. The van der Waals surface area contributed by atoms with E-state index < -0.39 is 115 Å². The number of hydrogen-bond donors (Lipinski definition) is 1. The lowest BCUT2D eigenvalue weighted by molar-refractivity contribution is -0.140. The van der Waals surface area contributed by atoms with Crippen LogP contribution in [0.2, 0.25) is 0 Å². The maximum atomic E-state index is 15.0. The van der Waals surface area contributed by atoms with Gasteiger partial charge in [0.05, 0.1) is 11.8 Å². The van der Waals surface area contributed by atoms with Crippen molar-refractivity contribution in [2.24, 2.45) is 17.8 Å². The molecule has 4 amide bonds. The zero-order valence-electron chi connectivity index (χ0n) is 21.7. The molecule has 15 heteroatoms. The van der Waals surface area contributed by atoms with Crippen LogP contribution in [0.15, 0.2) is 29.8 Å². The molecule has 6 unspecified atom stereocenters. The Bertz CT molecular complexity index is 1690. The number of likely N-dealkylation sites (tertiary alicyclic amines) is 1. The SMILES string of the molecule is CCN1C(=O)C2CC=C3C(CC4(Cl)C(=O)N(c5c(F)c(F)c(F)c(F)c5F)C(=O)C4(Cl)C3c3cccc(F)c3O)C2C1=O. The largest absolute Gasteiger partial charge is 0.505 e. The van der Waals surface area contributed by atoms with Gasteiger partial charge in [0.2, 0.25) is 17.6 Å². The molecule has 43 heavy (non-hydrogen) atoms. The van der Waals surface area contributed by atoms with Crippen LogP contribution in [0.25, 0.3) is 0 Å². The number of imide groups is 2. The second-order valence-corrected chi connectivity index (χ2v) is 12.0. The quantitative estimate of drug-likeness (QED) is 0.129. The molecule has 2 saturated heterocycles. The summed E-state index contributed by atoms with van der Waals surface area (Å²) >= 11 is 13.8. The fourth-order valence-electron chi connectivity index (χ4n) is 7.05. The minimum absolute atomic E-state index is 0.0116. The van der Waals surface area contributed by atoms with Gasteiger partial charge in [-0.2, -0.15) is 0 Å². The third kappa shape index (κ3) is 3.46. The van der Waals surface area contributed by atoms with Crippen LogP contribution in [0.5, 0.6) is 5.75 Å². The van der Waals surface area contributed by atoms with E-state index in [1.807, 2.05) is 0 Å². The van der Waals surface area contributed by atoms with Gasteiger partial charge in [-0.05, 0) is 31.7 Å². The first kappa shape index (κ1) is 29.5. The number of aromatic hydroxyl groups is 1. The lowest BCUT2D eigenvalue weighted by Crippen LogP contribution is -2.60. The van der Waals surface area contributed by atoms with E-state index in [1.165, 1.54) is 6.08 Å². The number of halogens is 8. The summed E-state index contributed by atoms with van der Waals surface area (Å²) in [5, 5.41) is 10.7. The van der Waals surface area contributed by atoms with E-state index in [0.29, 0.717) is 0 Å². The zero-order valence-corrected chi connectivity index (χ0v) is 23.3. The number of phenols is 1. The summed E-state index contributed by atoms with van der Waals surface area (Å²) in [5.41, 5.74) is -2.23. The minimum Gasteiger partial charge on any atom is -0.505 e. The molecule has 4 aliphatic rings. The standard InChI is InChI=1S/C28H18Cl2F6N2O5/c1-2-37-23(40)10-7-6-9-12(14(10)24(37)41)8-27(29)25(42)38(21-19(35)17(33)16(32)18(34)20(21)36)26(43)28(27,30)15(9)11-4-3-5-13(31)22(11)39/h3-6,10,12,14-15,39H,2,7-8H2,1H3. The summed E-state index contributed by atoms with van der Waals surface area (Å²) in [5.74, 6) is -24.2. The van der Waals surface area contributed by atoms with Crippen molar-refractivity contribution in [3.63, 3.8) is 0 Å². The monoisotopic (exact) mass is 646 g/mol. The van der Waals surface area contributed by atoms with Crippen molar-refractivity contribution in [1.82, 2.24) is 4.90 Å². The first-order chi connectivity index (χ1) is 20.1.